The summed E-state index contributed by atoms with van der Waals surface area (Å²) in [7, 11) is 0. The molecular weight excluding hydrogens is 287 g/mol. The predicted octanol–water partition coefficient (Wildman–Crippen LogP) is 3.46. The summed E-state index contributed by atoms with van der Waals surface area (Å²) in [6.45, 7) is 3.89. The van der Waals surface area contributed by atoms with Gasteiger partial charge in [-0.05, 0) is 24.1 Å². The molecule has 0 aromatic heterocycles. The molecule has 102 valence electrons. The van der Waals surface area contributed by atoms with Crippen molar-refractivity contribution in [2.24, 2.45) is 5.92 Å². The molecule has 1 aromatic rings. The van der Waals surface area contributed by atoms with Crippen LogP contribution in [-0.2, 0) is 4.79 Å². The number of benzene rings is 1. The van der Waals surface area contributed by atoms with E-state index in [4.69, 9.17) is 23.2 Å². The maximum Gasteiger partial charge on any atom is 0.329 e. The Labute approximate surface area is 121 Å². The maximum absolute atomic E-state index is 12.3. The highest BCUT2D eigenvalue weighted by Gasteiger charge is 2.42. The van der Waals surface area contributed by atoms with Crippen molar-refractivity contribution in [1.82, 2.24) is 5.32 Å². The minimum atomic E-state index is -0.507. The lowest BCUT2D eigenvalue weighted by Gasteiger charge is -2.17. The van der Waals surface area contributed by atoms with Crippen molar-refractivity contribution in [1.29, 1.82) is 0 Å². The fourth-order valence-electron chi connectivity index (χ4n) is 2.01. The van der Waals surface area contributed by atoms with Crippen molar-refractivity contribution in [2.75, 3.05) is 4.90 Å². The van der Waals surface area contributed by atoms with Gasteiger partial charge < -0.3 is 5.32 Å². The molecule has 2 unspecified atom stereocenters. The molecule has 0 spiro atoms. The first-order valence-corrected chi connectivity index (χ1v) is 6.80. The van der Waals surface area contributed by atoms with Crippen molar-refractivity contribution in [3.63, 3.8) is 0 Å². The van der Waals surface area contributed by atoms with Crippen LogP contribution in [0.1, 0.15) is 20.3 Å². The second-order valence-electron chi connectivity index (χ2n) is 4.58. The van der Waals surface area contributed by atoms with E-state index in [0.29, 0.717) is 15.7 Å². The van der Waals surface area contributed by atoms with Crippen LogP contribution < -0.4 is 10.2 Å². The Morgan fingerprint density at radius 3 is 2.68 bits per heavy atom. The molecule has 2 atom stereocenters. The maximum atomic E-state index is 12.3. The number of imide groups is 1. The smallest absolute Gasteiger partial charge is 0.325 e. The predicted molar refractivity (Wildman–Crippen MR) is 75.7 cm³/mol. The molecule has 1 aliphatic heterocycles. The summed E-state index contributed by atoms with van der Waals surface area (Å²) in [6.07, 6.45) is 0.799. The lowest BCUT2D eigenvalue weighted by Crippen LogP contribution is -2.35. The Hall–Kier alpha value is -1.26. The van der Waals surface area contributed by atoms with Gasteiger partial charge in [-0.1, -0.05) is 43.5 Å². The second-order valence-corrected chi connectivity index (χ2v) is 5.43. The van der Waals surface area contributed by atoms with Gasteiger partial charge in [0, 0.05) is 5.02 Å². The van der Waals surface area contributed by atoms with E-state index >= 15 is 0 Å². The van der Waals surface area contributed by atoms with E-state index in [1.54, 1.807) is 12.1 Å². The van der Waals surface area contributed by atoms with Gasteiger partial charge in [-0.25, -0.2) is 9.69 Å². The lowest BCUT2D eigenvalue weighted by molar-refractivity contribution is -0.119. The Bertz CT molecular complexity index is 533. The SMILES string of the molecule is CCC(C)C1NC(=O)N(c2cc(Cl)ccc2Cl)C1=O. The number of halogens is 2. The van der Waals surface area contributed by atoms with Crippen LogP contribution >= 0.6 is 23.2 Å². The van der Waals surface area contributed by atoms with Gasteiger partial charge in [-0.2, -0.15) is 0 Å². The van der Waals surface area contributed by atoms with Gasteiger partial charge in [0.15, 0.2) is 0 Å². The van der Waals surface area contributed by atoms with Crippen LogP contribution in [0.2, 0.25) is 10.0 Å². The highest BCUT2D eigenvalue weighted by atomic mass is 35.5. The van der Waals surface area contributed by atoms with Crippen molar-refractivity contribution < 1.29 is 9.59 Å². The number of anilines is 1. The molecule has 1 aliphatic rings. The fraction of sp³-hybridized carbons (Fsp3) is 0.385. The summed E-state index contributed by atoms with van der Waals surface area (Å²) in [5.74, 6) is -0.220. The first-order chi connectivity index (χ1) is 8.95. The molecule has 0 aliphatic carbocycles. The van der Waals surface area contributed by atoms with E-state index in [1.807, 2.05) is 13.8 Å². The first kappa shape index (κ1) is 14.2. The van der Waals surface area contributed by atoms with Crippen LogP contribution in [0.15, 0.2) is 18.2 Å². The minimum Gasteiger partial charge on any atom is -0.325 e. The number of amides is 3. The van der Waals surface area contributed by atoms with Gasteiger partial charge in [0.2, 0.25) is 0 Å². The third-order valence-corrected chi connectivity index (χ3v) is 3.89. The molecule has 0 radical (unpaired) electrons. The largest absolute Gasteiger partial charge is 0.329 e. The molecule has 4 nitrogen and oxygen atoms in total. The molecule has 6 heteroatoms. The minimum absolute atomic E-state index is 0.0689. The fourth-order valence-corrected chi connectivity index (χ4v) is 2.37. The summed E-state index contributed by atoms with van der Waals surface area (Å²) >= 11 is 11.9. The van der Waals surface area contributed by atoms with Crippen LogP contribution in [0.25, 0.3) is 0 Å². The molecular formula is C13H14Cl2N2O2. The van der Waals surface area contributed by atoms with E-state index in [0.717, 1.165) is 11.3 Å². The summed E-state index contributed by atoms with van der Waals surface area (Å²) in [5.41, 5.74) is 0.322. The van der Waals surface area contributed by atoms with Crippen molar-refractivity contribution in [2.45, 2.75) is 26.3 Å². The number of carbonyl (C=O) groups is 2. The average Bonchev–Trinajstić information content (AvgIpc) is 2.67. The Morgan fingerprint density at radius 2 is 2.05 bits per heavy atom. The van der Waals surface area contributed by atoms with Crippen LogP contribution in [0.3, 0.4) is 0 Å². The first-order valence-electron chi connectivity index (χ1n) is 6.05. The van der Waals surface area contributed by atoms with Gasteiger partial charge in [0.05, 0.1) is 10.7 Å². The normalized spacial score (nSPS) is 20.6. The number of urea groups is 1. The van der Waals surface area contributed by atoms with E-state index < -0.39 is 12.1 Å². The van der Waals surface area contributed by atoms with Gasteiger partial charge in [-0.3, -0.25) is 4.79 Å². The van der Waals surface area contributed by atoms with Gasteiger partial charge in [0.1, 0.15) is 6.04 Å². The highest BCUT2D eigenvalue weighted by Crippen LogP contribution is 2.32. The molecule has 1 saturated heterocycles. The quantitative estimate of drug-likeness (QED) is 0.869. The number of nitrogens with zero attached hydrogens (tertiary/aromatic N) is 1. The highest BCUT2D eigenvalue weighted by molar-refractivity contribution is 6.37. The molecule has 1 heterocycles. The Morgan fingerprint density at radius 1 is 1.37 bits per heavy atom. The number of hydrogen-bond acceptors (Lipinski definition) is 2. The Kier molecular flexibility index (Phi) is 4.02. The average molecular weight is 301 g/mol. The van der Waals surface area contributed by atoms with Crippen LogP contribution in [0, 0.1) is 5.92 Å². The lowest BCUT2D eigenvalue weighted by atomic mass is 9.99. The monoisotopic (exact) mass is 300 g/mol. The number of carbonyl (C=O) groups excluding carboxylic acids is 2. The summed E-state index contributed by atoms with van der Waals surface area (Å²) < 4.78 is 0. The Balaban J connectivity index is 2.38. The number of rotatable bonds is 3. The van der Waals surface area contributed by atoms with E-state index in [9.17, 15) is 9.59 Å². The zero-order valence-corrected chi connectivity index (χ0v) is 12.1. The zero-order chi connectivity index (χ0) is 14.2. The van der Waals surface area contributed by atoms with E-state index in [2.05, 4.69) is 5.32 Å². The van der Waals surface area contributed by atoms with Gasteiger partial charge in [0.25, 0.3) is 5.91 Å². The van der Waals surface area contributed by atoms with Crippen molar-refractivity contribution >= 4 is 40.8 Å². The van der Waals surface area contributed by atoms with Crippen LogP contribution in [-0.4, -0.2) is 18.0 Å². The van der Waals surface area contributed by atoms with Gasteiger partial charge in [-0.15, -0.1) is 0 Å². The van der Waals surface area contributed by atoms with Gasteiger partial charge >= 0.3 is 6.03 Å². The zero-order valence-electron chi connectivity index (χ0n) is 10.6. The molecule has 1 N–H and O–H groups in total. The number of hydrogen-bond donors (Lipinski definition) is 1. The molecule has 1 fully saturated rings. The molecule has 0 saturated carbocycles. The standard InChI is InChI=1S/C13H14Cl2N2O2/c1-3-7(2)11-12(18)17(13(19)16-11)10-6-8(14)4-5-9(10)15/h4-7,11H,3H2,1-2H3,(H,16,19). The van der Waals surface area contributed by atoms with E-state index in [-0.39, 0.29) is 11.8 Å². The van der Waals surface area contributed by atoms with Crippen LogP contribution in [0.4, 0.5) is 10.5 Å². The van der Waals surface area contributed by atoms with Crippen molar-refractivity contribution in [3.05, 3.63) is 28.2 Å². The second kappa shape index (κ2) is 5.39. The van der Waals surface area contributed by atoms with E-state index in [1.165, 1.54) is 6.07 Å². The topological polar surface area (TPSA) is 49.4 Å². The van der Waals surface area contributed by atoms with Crippen LogP contribution in [0.5, 0.6) is 0 Å². The summed E-state index contributed by atoms with van der Waals surface area (Å²) in [5, 5.41) is 3.43. The summed E-state index contributed by atoms with van der Waals surface area (Å²) in [6, 6.07) is 3.72. The summed E-state index contributed by atoms with van der Waals surface area (Å²) in [4.78, 5) is 25.4. The molecule has 0 bridgehead atoms. The number of nitrogens with one attached hydrogen (secondary N) is 1. The van der Waals surface area contributed by atoms with Crippen molar-refractivity contribution in [3.8, 4) is 0 Å². The molecule has 2 rings (SSSR count). The molecule has 1 aromatic carbocycles. The third kappa shape index (κ3) is 2.55. The molecule has 3 amide bonds. The third-order valence-electron chi connectivity index (χ3n) is 3.33. The molecule has 19 heavy (non-hydrogen) atoms.